The first kappa shape index (κ1) is 24.2. The summed E-state index contributed by atoms with van der Waals surface area (Å²) in [5.41, 5.74) is 5.84. The molecule has 4 unspecified atom stereocenters. The lowest BCUT2D eigenvalue weighted by atomic mass is 10.0. The number of carboxylic acids is 1. The summed E-state index contributed by atoms with van der Waals surface area (Å²) in [4.78, 5) is 49.7. The summed E-state index contributed by atoms with van der Waals surface area (Å²) >= 11 is 4.13. The molecular formula is C17H30N4O6S. The topological polar surface area (TPSA) is 162 Å². The van der Waals surface area contributed by atoms with Crippen molar-refractivity contribution >= 4 is 36.3 Å². The van der Waals surface area contributed by atoms with Crippen molar-refractivity contribution in [2.75, 3.05) is 18.9 Å². The maximum Gasteiger partial charge on any atom is 0.328 e. The number of aliphatic hydroxyl groups excluding tert-OH is 1. The fourth-order valence-electron chi connectivity index (χ4n) is 3.04. The van der Waals surface area contributed by atoms with Crippen molar-refractivity contribution in [3.8, 4) is 0 Å². The Morgan fingerprint density at radius 1 is 1.21 bits per heavy atom. The van der Waals surface area contributed by atoms with Gasteiger partial charge in [0.05, 0.1) is 12.6 Å². The van der Waals surface area contributed by atoms with Gasteiger partial charge < -0.3 is 31.5 Å². The molecule has 0 radical (unpaired) electrons. The summed E-state index contributed by atoms with van der Waals surface area (Å²) in [5.74, 6) is -2.73. The van der Waals surface area contributed by atoms with Gasteiger partial charge in [0.2, 0.25) is 17.7 Å². The third-order valence-electron chi connectivity index (χ3n) is 4.49. The number of nitrogens with zero attached hydrogens (tertiary/aromatic N) is 1. The average Bonchev–Trinajstić information content (AvgIpc) is 3.12. The Hall–Kier alpha value is -1.85. The predicted molar refractivity (Wildman–Crippen MR) is 105 cm³/mol. The van der Waals surface area contributed by atoms with Gasteiger partial charge in [-0.25, -0.2) is 4.79 Å². The molecular weight excluding hydrogens is 388 g/mol. The summed E-state index contributed by atoms with van der Waals surface area (Å²) in [6.45, 7) is 3.40. The second-order valence-corrected chi connectivity index (χ2v) is 7.62. The predicted octanol–water partition coefficient (Wildman–Crippen LogP) is -1.67. The second kappa shape index (κ2) is 11.2. The van der Waals surface area contributed by atoms with Crippen LogP contribution in [-0.2, 0) is 19.2 Å². The molecule has 0 bridgehead atoms. The monoisotopic (exact) mass is 418 g/mol. The lowest BCUT2D eigenvalue weighted by molar-refractivity contribution is -0.145. The number of aliphatic carboxylic acids is 1. The zero-order chi connectivity index (χ0) is 21.4. The lowest BCUT2D eigenvalue weighted by Crippen LogP contribution is -2.57. The highest BCUT2D eigenvalue weighted by Crippen LogP contribution is 2.19. The van der Waals surface area contributed by atoms with Crippen LogP contribution in [0, 0.1) is 5.92 Å². The first-order chi connectivity index (χ1) is 13.1. The van der Waals surface area contributed by atoms with Gasteiger partial charge >= 0.3 is 5.97 Å². The highest BCUT2D eigenvalue weighted by atomic mass is 32.1. The molecule has 10 nitrogen and oxygen atoms in total. The van der Waals surface area contributed by atoms with E-state index in [1.807, 2.05) is 13.8 Å². The number of nitrogens with two attached hydrogens (primary N) is 1. The highest BCUT2D eigenvalue weighted by Gasteiger charge is 2.38. The van der Waals surface area contributed by atoms with Crippen LogP contribution in [0.1, 0.15) is 33.1 Å². The van der Waals surface area contributed by atoms with Crippen LogP contribution in [-0.4, -0.2) is 81.9 Å². The second-order valence-electron chi connectivity index (χ2n) is 7.25. The van der Waals surface area contributed by atoms with Gasteiger partial charge in [-0.1, -0.05) is 13.8 Å². The standard InChI is InChI=1S/C17H30N4O6S/c1-9(2)6-10(18)14(23)20-12(8-28)16(25)21-5-3-4-13(21)15(24)19-11(7-22)17(26)27/h9-13,22,28H,3-8,18H2,1-2H3,(H,19,24)(H,20,23)(H,26,27). The molecule has 11 heteroatoms. The zero-order valence-electron chi connectivity index (χ0n) is 16.1. The van der Waals surface area contributed by atoms with Gasteiger partial charge in [-0.3, -0.25) is 14.4 Å². The summed E-state index contributed by atoms with van der Waals surface area (Å²) in [6, 6.07) is -4.02. The van der Waals surface area contributed by atoms with E-state index in [0.29, 0.717) is 25.8 Å². The minimum absolute atomic E-state index is 0.0260. The Kier molecular flexibility index (Phi) is 9.70. The largest absolute Gasteiger partial charge is 0.480 e. The number of carbonyl (C=O) groups is 4. The molecule has 0 aromatic rings. The van der Waals surface area contributed by atoms with E-state index in [1.54, 1.807) is 0 Å². The van der Waals surface area contributed by atoms with E-state index in [4.69, 9.17) is 15.9 Å². The van der Waals surface area contributed by atoms with Crippen LogP contribution >= 0.6 is 12.6 Å². The molecule has 28 heavy (non-hydrogen) atoms. The van der Waals surface area contributed by atoms with Crippen LogP contribution in [0.2, 0.25) is 0 Å². The maximum atomic E-state index is 12.8. The van der Waals surface area contributed by atoms with Crippen molar-refractivity contribution in [2.24, 2.45) is 11.7 Å². The van der Waals surface area contributed by atoms with Crippen LogP contribution in [0.4, 0.5) is 0 Å². The van der Waals surface area contributed by atoms with Crippen LogP contribution in [0.25, 0.3) is 0 Å². The van der Waals surface area contributed by atoms with E-state index >= 15 is 0 Å². The van der Waals surface area contributed by atoms with Crippen LogP contribution in [0.3, 0.4) is 0 Å². The number of thiol groups is 1. The SMILES string of the molecule is CC(C)CC(N)C(=O)NC(CS)C(=O)N1CCCC1C(=O)NC(CO)C(=O)O. The molecule has 6 N–H and O–H groups in total. The van der Waals surface area contributed by atoms with E-state index in [9.17, 15) is 19.2 Å². The summed E-state index contributed by atoms with van der Waals surface area (Å²) in [5, 5.41) is 22.8. The van der Waals surface area contributed by atoms with Crippen molar-refractivity contribution < 1.29 is 29.4 Å². The van der Waals surface area contributed by atoms with Crippen LogP contribution in [0.15, 0.2) is 0 Å². The van der Waals surface area contributed by atoms with E-state index < -0.39 is 54.5 Å². The Balaban J connectivity index is 2.79. The van der Waals surface area contributed by atoms with Crippen molar-refractivity contribution in [3.63, 3.8) is 0 Å². The minimum atomic E-state index is -1.44. The quantitative estimate of drug-likeness (QED) is 0.231. The van der Waals surface area contributed by atoms with Gasteiger partial charge in [0.15, 0.2) is 0 Å². The van der Waals surface area contributed by atoms with Gasteiger partial charge in [0.1, 0.15) is 18.1 Å². The van der Waals surface area contributed by atoms with Gasteiger partial charge in [-0.15, -0.1) is 0 Å². The van der Waals surface area contributed by atoms with Gasteiger partial charge in [-0.2, -0.15) is 12.6 Å². The van der Waals surface area contributed by atoms with Crippen molar-refractivity contribution in [3.05, 3.63) is 0 Å². The normalized spacial score (nSPS) is 19.8. The number of rotatable bonds is 10. The number of hydrogen-bond donors (Lipinski definition) is 6. The Morgan fingerprint density at radius 2 is 1.86 bits per heavy atom. The molecule has 0 spiro atoms. The lowest BCUT2D eigenvalue weighted by Gasteiger charge is -2.29. The number of aliphatic hydroxyl groups is 1. The average molecular weight is 419 g/mol. The third kappa shape index (κ3) is 6.64. The first-order valence-electron chi connectivity index (χ1n) is 9.23. The highest BCUT2D eigenvalue weighted by molar-refractivity contribution is 7.80. The van der Waals surface area contributed by atoms with E-state index in [1.165, 1.54) is 4.90 Å². The summed E-state index contributed by atoms with van der Waals surface area (Å²) < 4.78 is 0. The molecule has 3 amide bonds. The Morgan fingerprint density at radius 3 is 2.36 bits per heavy atom. The molecule has 160 valence electrons. The van der Waals surface area contributed by atoms with Crippen molar-refractivity contribution in [2.45, 2.75) is 57.3 Å². The molecule has 1 saturated heterocycles. The Bertz CT molecular complexity index is 588. The number of amides is 3. The van der Waals surface area contributed by atoms with E-state index in [2.05, 4.69) is 23.3 Å². The fraction of sp³-hybridized carbons (Fsp3) is 0.765. The van der Waals surface area contributed by atoms with Crippen LogP contribution in [0.5, 0.6) is 0 Å². The summed E-state index contributed by atoms with van der Waals surface area (Å²) in [7, 11) is 0. The Labute approximate surface area is 169 Å². The minimum Gasteiger partial charge on any atom is -0.480 e. The molecule has 0 aromatic carbocycles. The van der Waals surface area contributed by atoms with Gasteiger partial charge in [-0.05, 0) is 25.2 Å². The van der Waals surface area contributed by atoms with Gasteiger partial charge in [0.25, 0.3) is 0 Å². The zero-order valence-corrected chi connectivity index (χ0v) is 17.0. The fourth-order valence-corrected chi connectivity index (χ4v) is 3.28. The molecule has 1 heterocycles. The molecule has 4 atom stereocenters. The molecule has 1 aliphatic rings. The van der Waals surface area contributed by atoms with E-state index in [0.717, 1.165) is 0 Å². The smallest absolute Gasteiger partial charge is 0.328 e. The molecule has 1 aliphatic heterocycles. The number of hydrogen-bond acceptors (Lipinski definition) is 7. The van der Waals surface area contributed by atoms with E-state index in [-0.39, 0.29) is 11.7 Å². The van der Waals surface area contributed by atoms with Crippen LogP contribution < -0.4 is 16.4 Å². The van der Waals surface area contributed by atoms with Crippen molar-refractivity contribution in [1.82, 2.24) is 15.5 Å². The number of likely N-dealkylation sites (tertiary alicyclic amines) is 1. The molecule has 0 saturated carbocycles. The third-order valence-corrected chi connectivity index (χ3v) is 4.86. The molecule has 1 fully saturated rings. The number of nitrogens with one attached hydrogen (secondary N) is 2. The molecule has 0 aliphatic carbocycles. The maximum absolute atomic E-state index is 12.8. The molecule has 1 rings (SSSR count). The molecule has 0 aromatic heterocycles. The number of carboxylic acid groups (broad SMARTS) is 1. The van der Waals surface area contributed by atoms with Gasteiger partial charge in [0, 0.05) is 12.3 Å². The summed E-state index contributed by atoms with van der Waals surface area (Å²) in [6.07, 6.45) is 1.38. The number of carbonyl (C=O) groups excluding carboxylic acids is 3. The van der Waals surface area contributed by atoms with Crippen molar-refractivity contribution in [1.29, 1.82) is 0 Å². The first-order valence-corrected chi connectivity index (χ1v) is 9.86.